The molecule has 0 bridgehead atoms. The topological polar surface area (TPSA) is 38.3 Å². The molecule has 0 aromatic heterocycles. The number of aryl methyl sites for hydroxylation is 1. The Bertz CT molecular complexity index is 646. The standard InChI is InChI=1S/C13H10ClF4NO2S/c1-6-2-7(15)8(3-10(6)22-5-13(16,17)18)19-9-4-21-12(20)11(9)14/h2-3,19H,4-5H2,1H3. The van der Waals surface area contributed by atoms with Gasteiger partial charge >= 0.3 is 12.1 Å². The summed E-state index contributed by atoms with van der Waals surface area (Å²) in [4.78, 5) is 11.4. The summed E-state index contributed by atoms with van der Waals surface area (Å²) in [7, 11) is 0. The van der Waals surface area contributed by atoms with Gasteiger partial charge in [0.05, 0.1) is 17.1 Å². The van der Waals surface area contributed by atoms with Crippen molar-refractivity contribution in [3.63, 3.8) is 0 Å². The average molecular weight is 356 g/mol. The van der Waals surface area contributed by atoms with Crippen molar-refractivity contribution < 1.29 is 27.1 Å². The highest BCUT2D eigenvalue weighted by molar-refractivity contribution is 7.99. The second-order valence-corrected chi connectivity index (χ2v) is 5.89. The molecule has 1 heterocycles. The van der Waals surface area contributed by atoms with Crippen LogP contribution in [0.2, 0.25) is 0 Å². The number of nitrogens with one attached hydrogen (secondary N) is 1. The number of halogens is 5. The lowest BCUT2D eigenvalue weighted by Gasteiger charge is -2.13. The minimum atomic E-state index is -4.32. The van der Waals surface area contributed by atoms with Crippen molar-refractivity contribution in [1.82, 2.24) is 0 Å². The Morgan fingerprint density at radius 3 is 2.64 bits per heavy atom. The van der Waals surface area contributed by atoms with Crippen LogP contribution in [-0.4, -0.2) is 24.5 Å². The molecule has 9 heteroatoms. The van der Waals surface area contributed by atoms with E-state index in [-0.39, 0.29) is 27.9 Å². The van der Waals surface area contributed by atoms with Crippen LogP contribution in [0.1, 0.15) is 5.56 Å². The molecule has 1 aromatic carbocycles. The van der Waals surface area contributed by atoms with Gasteiger partial charge in [-0.05, 0) is 24.6 Å². The lowest BCUT2D eigenvalue weighted by molar-refractivity contribution is -0.135. The largest absolute Gasteiger partial charge is 0.455 e. The summed E-state index contributed by atoms with van der Waals surface area (Å²) < 4.78 is 55.4. The number of esters is 1. The molecular formula is C13H10ClF4NO2S. The fraction of sp³-hybridized carbons (Fsp3) is 0.308. The summed E-state index contributed by atoms with van der Waals surface area (Å²) in [5.41, 5.74) is 0.485. The van der Waals surface area contributed by atoms with Crippen LogP contribution < -0.4 is 5.32 Å². The lowest BCUT2D eigenvalue weighted by atomic mass is 10.2. The molecule has 0 fully saturated rings. The van der Waals surface area contributed by atoms with Crippen LogP contribution in [0.3, 0.4) is 0 Å². The summed E-state index contributed by atoms with van der Waals surface area (Å²) >= 11 is 6.25. The highest BCUT2D eigenvalue weighted by Gasteiger charge is 2.28. The Kier molecular flexibility index (Phi) is 4.91. The first-order valence-corrected chi connectivity index (χ1v) is 7.36. The number of anilines is 1. The second-order valence-electron chi connectivity index (χ2n) is 4.50. The number of thioether (sulfide) groups is 1. The maximum Gasteiger partial charge on any atom is 0.398 e. The second kappa shape index (κ2) is 6.37. The van der Waals surface area contributed by atoms with Crippen molar-refractivity contribution in [1.29, 1.82) is 0 Å². The van der Waals surface area contributed by atoms with Crippen LogP contribution in [-0.2, 0) is 9.53 Å². The van der Waals surface area contributed by atoms with E-state index in [2.05, 4.69) is 10.1 Å². The lowest BCUT2D eigenvalue weighted by Crippen LogP contribution is -2.11. The SMILES string of the molecule is Cc1cc(F)c(NC2=C(Cl)C(=O)OC2)cc1SCC(F)(F)F. The fourth-order valence-corrected chi connectivity index (χ4v) is 2.67. The molecule has 0 amide bonds. The zero-order valence-electron chi connectivity index (χ0n) is 11.2. The van der Waals surface area contributed by atoms with Gasteiger partial charge in [-0.15, -0.1) is 11.8 Å². The number of carbonyl (C=O) groups excluding carboxylic acids is 1. The highest BCUT2D eigenvalue weighted by atomic mass is 35.5. The van der Waals surface area contributed by atoms with Crippen LogP contribution >= 0.6 is 23.4 Å². The van der Waals surface area contributed by atoms with Crippen LogP contribution in [0, 0.1) is 12.7 Å². The van der Waals surface area contributed by atoms with E-state index in [1.807, 2.05) is 0 Å². The molecule has 0 radical (unpaired) electrons. The zero-order chi connectivity index (χ0) is 16.5. The first-order valence-electron chi connectivity index (χ1n) is 6.00. The molecular weight excluding hydrogens is 346 g/mol. The van der Waals surface area contributed by atoms with Crippen molar-refractivity contribution in [2.45, 2.75) is 18.0 Å². The van der Waals surface area contributed by atoms with Crippen LogP contribution in [0.15, 0.2) is 27.8 Å². The Morgan fingerprint density at radius 2 is 2.09 bits per heavy atom. The van der Waals surface area contributed by atoms with Crippen molar-refractivity contribution in [2.24, 2.45) is 0 Å². The molecule has 0 aliphatic carbocycles. The average Bonchev–Trinajstić information content (AvgIpc) is 2.71. The number of hydrogen-bond acceptors (Lipinski definition) is 4. The maximum atomic E-state index is 13.9. The summed E-state index contributed by atoms with van der Waals surface area (Å²) in [5.74, 6) is -2.47. The number of cyclic esters (lactones) is 1. The van der Waals surface area contributed by atoms with Gasteiger partial charge in [0.25, 0.3) is 0 Å². The summed E-state index contributed by atoms with van der Waals surface area (Å²) in [5, 5.41) is 2.38. The molecule has 1 N–H and O–H groups in total. The monoisotopic (exact) mass is 355 g/mol. The predicted octanol–water partition coefficient (Wildman–Crippen LogP) is 4.21. The molecule has 3 nitrogen and oxygen atoms in total. The number of ether oxygens (including phenoxy) is 1. The third-order valence-electron chi connectivity index (χ3n) is 2.73. The van der Waals surface area contributed by atoms with Crippen molar-refractivity contribution in [2.75, 3.05) is 17.7 Å². The summed E-state index contributed by atoms with van der Waals surface area (Å²) in [6, 6.07) is 2.37. The van der Waals surface area contributed by atoms with Gasteiger partial charge in [0, 0.05) is 4.90 Å². The third-order valence-corrected chi connectivity index (χ3v) is 4.34. The van der Waals surface area contributed by atoms with E-state index < -0.39 is 23.7 Å². The zero-order valence-corrected chi connectivity index (χ0v) is 12.8. The van der Waals surface area contributed by atoms with E-state index in [1.54, 1.807) is 0 Å². The van der Waals surface area contributed by atoms with E-state index in [0.29, 0.717) is 17.3 Å². The normalized spacial score (nSPS) is 15.3. The van der Waals surface area contributed by atoms with E-state index in [0.717, 1.165) is 6.07 Å². The number of carbonyl (C=O) groups is 1. The predicted molar refractivity (Wildman–Crippen MR) is 75.4 cm³/mol. The van der Waals surface area contributed by atoms with Crippen molar-refractivity contribution >= 4 is 35.0 Å². The number of hydrogen-bond donors (Lipinski definition) is 1. The third kappa shape index (κ3) is 4.07. The molecule has 2 rings (SSSR count). The van der Waals surface area contributed by atoms with Gasteiger partial charge in [-0.2, -0.15) is 13.2 Å². The first-order chi connectivity index (χ1) is 10.2. The first kappa shape index (κ1) is 17.0. The van der Waals surface area contributed by atoms with Gasteiger partial charge in [0.15, 0.2) is 0 Å². The van der Waals surface area contributed by atoms with Crippen LogP contribution in [0.4, 0.5) is 23.2 Å². The summed E-state index contributed by atoms with van der Waals surface area (Å²) in [6.07, 6.45) is -4.32. The smallest absolute Gasteiger partial charge is 0.398 e. The minimum absolute atomic E-state index is 0.0678. The number of rotatable bonds is 4. The molecule has 0 unspecified atom stereocenters. The van der Waals surface area contributed by atoms with Gasteiger partial charge in [-0.3, -0.25) is 0 Å². The number of alkyl halides is 3. The van der Waals surface area contributed by atoms with Crippen molar-refractivity contribution in [3.05, 3.63) is 34.2 Å². The Balaban J connectivity index is 2.23. The molecule has 1 aromatic rings. The molecule has 22 heavy (non-hydrogen) atoms. The van der Waals surface area contributed by atoms with Gasteiger partial charge in [0.2, 0.25) is 0 Å². The summed E-state index contributed by atoms with van der Waals surface area (Å²) in [6.45, 7) is 1.37. The Morgan fingerprint density at radius 1 is 1.41 bits per heavy atom. The molecule has 0 spiro atoms. The van der Waals surface area contributed by atoms with Crippen molar-refractivity contribution in [3.8, 4) is 0 Å². The quantitative estimate of drug-likeness (QED) is 0.499. The maximum absolute atomic E-state index is 13.9. The van der Waals surface area contributed by atoms with E-state index in [9.17, 15) is 22.4 Å². The van der Waals surface area contributed by atoms with Gasteiger partial charge in [-0.25, -0.2) is 9.18 Å². The molecule has 0 saturated carbocycles. The Labute approximate surface area is 132 Å². The van der Waals surface area contributed by atoms with Gasteiger partial charge in [-0.1, -0.05) is 11.6 Å². The highest BCUT2D eigenvalue weighted by Crippen LogP contribution is 2.33. The fourth-order valence-electron chi connectivity index (χ4n) is 1.70. The van der Waals surface area contributed by atoms with Crippen LogP contribution in [0.5, 0.6) is 0 Å². The molecule has 1 aliphatic heterocycles. The van der Waals surface area contributed by atoms with E-state index in [4.69, 9.17) is 11.6 Å². The Hall–Kier alpha value is -1.41. The van der Waals surface area contributed by atoms with Crippen LogP contribution in [0.25, 0.3) is 0 Å². The molecule has 0 atom stereocenters. The van der Waals surface area contributed by atoms with E-state index >= 15 is 0 Å². The molecule has 0 saturated heterocycles. The molecule has 1 aliphatic rings. The van der Waals surface area contributed by atoms with Gasteiger partial charge in [0.1, 0.15) is 17.5 Å². The van der Waals surface area contributed by atoms with E-state index in [1.165, 1.54) is 13.0 Å². The molecule has 120 valence electrons. The number of benzene rings is 1. The van der Waals surface area contributed by atoms with Gasteiger partial charge < -0.3 is 10.1 Å². The minimum Gasteiger partial charge on any atom is -0.455 e.